The molecule has 0 amide bonds. The summed E-state index contributed by atoms with van der Waals surface area (Å²) in [5.74, 6) is 0. The van der Waals surface area contributed by atoms with E-state index in [2.05, 4.69) is 187 Å². The number of rotatable bonds is 13. The number of aromatic nitrogens is 3. The Kier molecular flexibility index (Phi) is 13.3. The second kappa shape index (κ2) is 21.1. The number of nitrogens with zero attached hydrogens (tertiary/aromatic N) is 5. The minimum absolute atomic E-state index is 0.0663. The molecule has 12 rings (SSSR count). The van der Waals surface area contributed by atoms with E-state index in [1.54, 1.807) is 0 Å². The van der Waals surface area contributed by atoms with Crippen LogP contribution in [0.15, 0.2) is 225 Å². The highest BCUT2D eigenvalue weighted by atomic mass is 14.7. The van der Waals surface area contributed by atoms with Crippen LogP contribution in [0.5, 0.6) is 0 Å². The lowest BCUT2D eigenvalue weighted by Gasteiger charge is -2.32. The maximum absolute atomic E-state index is 9.64. The van der Waals surface area contributed by atoms with Crippen LogP contribution in [-0.4, -0.2) is 15.0 Å². The van der Waals surface area contributed by atoms with Crippen LogP contribution in [0, 0.1) is 17.9 Å². The van der Waals surface area contributed by atoms with Crippen molar-refractivity contribution in [2.24, 2.45) is 0 Å². The smallest absolute Gasteiger partial charge is 0.187 e. The van der Waals surface area contributed by atoms with Crippen LogP contribution < -0.4 is 0 Å². The molecule has 0 aliphatic heterocycles. The third kappa shape index (κ3) is 9.77. The Morgan fingerprint density at radius 1 is 0.395 bits per heavy atom. The van der Waals surface area contributed by atoms with Crippen LogP contribution in [0.4, 0.5) is 5.69 Å². The van der Waals surface area contributed by atoms with Gasteiger partial charge in [-0.3, -0.25) is 15.0 Å². The van der Waals surface area contributed by atoms with Gasteiger partial charge in [0, 0.05) is 46.1 Å². The third-order valence-electron chi connectivity index (χ3n) is 16.4. The number of nitriles is 1. The molecule has 366 valence electrons. The van der Waals surface area contributed by atoms with E-state index < -0.39 is 0 Å². The van der Waals surface area contributed by atoms with Gasteiger partial charge in [0.1, 0.15) is 0 Å². The minimum atomic E-state index is -0.0684. The molecule has 2 fully saturated rings. The monoisotopic (exact) mass is 979 g/mol. The highest BCUT2D eigenvalue weighted by molar-refractivity contribution is 5.93. The predicted molar refractivity (Wildman–Crippen MR) is 309 cm³/mol. The Morgan fingerprint density at radius 3 is 1.49 bits per heavy atom. The van der Waals surface area contributed by atoms with E-state index in [0.717, 1.165) is 94.6 Å². The zero-order valence-electron chi connectivity index (χ0n) is 42.7. The Labute approximate surface area is 447 Å². The summed E-state index contributed by atoms with van der Waals surface area (Å²) in [6, 6.07) is 75.5. The first-order valence-electron chi connectivity index (χ1n) is 26.8. The molecule has 0 unspecified atom stereocenters. The Hall–Kier alpha value is -9.03. The first-order valence-corrected chi connectivity index (χ1v) is 26.8. The molecule has 2 aliphatic rings. The summed E-state index contributed by atoms with van der Waals surface area (Å²) in [4.78, 5) is 19.0. The van der Waals surface area contributed by atoms with Crippen molar-refractivity contribution in [1.29, 1.82) is 5.26 Å². The Balaban J connectivity index is 0.974. The lowest BCUT2D eigenvalue weighted by molar-refractivity contribution is 0.431. The number of hydrogen-bond donors (Lipinski definition) is 0. The van der Waals surface area contributed by atoms with Crippen LogP contribution >= 0.6 is 0 Å². The lowest BCUT2D eigenvalue weighted by atomic mass is 9.72. The van der Waals surface area contributed by atoms with Crippen LogP contribution in [0.1, 0.15) is 79.2 Å². The summed E-state index contributed by atoms with van der Waals surface area (Å²) in [7, 11) is 0. The third-order valence-corrected chi connectivity index (χ3v) is 16.4. The number of benzene rings is 7. The molecule has 0 radical (unpaired) electrons. The standard InChI is InChI=1S/C71H57N5/c1-73-62-23-15-22-58(42-62)68-33-31-61(48-75-68)71(36-12-13-37-71)45-52-38-51(44-70(34-10-11-35-70)60-30-32-67(74-47-60)57-21-14-16-50(39-57)46-72)40-59(41-52)63-24-8-9-25-64(63)66-49-76-69(56-19-6-3-7-20-56)43-65(66)55-28-26-54(27-29-55)53-17-4-2-5-18-53/h2-9,14-33,38-43,47-49H,10-13,34-37,44-45H2. The molecule has 5 heteroatoms. The Bertz CT molecular complexity index is 3620. The maximum atomic E-state index is 9.64. The molecular formula is C71H57N5. The summed E-state index contributed by atoms with van der Waals surface area (Å²) in [6.07, 6.45) is 17.2. The molecule has 2 saturated carbocycles. The normalized spacial score (nSPS) is 14.4. The van der Waals surface area contributed by atoms with Crippen LogP contribution in [0.3, 0.4) is 0 Å². The molecule has 0 atom stereocenters. The quantitative estimate of drug-likeness (QED) is 0.108. The molecule has 7 aromatic carbocycles. The molecule has 5 nitrogen and oxygen atoms in total. The zero-order valence-corrected chi connectivity index (χ0v) is 42.7. The van der Waals surface area contributed by atoms with Gasteiger partial charge in [-0.1, -0.05) is 196 Å². The fourth-order valence-corrected chi connectivity index (χ4v) is 12.5. The highest BCUT2D eigenvalue weighted by Crippen LogP contribution is 2.48. The van der Waals surface area contributed by atoms with Crippen LogP contribution in [-0.2, 0) is 23.7 Å². The molecular weight excluding hydrogens is 923 g/mol. The highest BCUT2D eigenvalue weighted by Gasteiger charge is 2.38. The fourth-order valence-electron chi connectivity index (χ4n) is 12.5. The average molecular weight is 980 g/mol. The van der Waals surface area contributed by atoms with Gasteiger partial charge in [0.05, 0.1) is 35.3 Å². The van der Waals surface area contributed by atoms with E-state index in [0.29, 0.717) is 11.3 Å². The van der Waals surface area contributed by atoms with E-state index in [1.807, 2.05) is 48.5 Å². The summed E-state index contributed by atoms with van der Waals surface area (Å²) in [6.45, 7) is 7.59. The van der Waals surface area contributed by atoms with Crippen molar-refractivity contribution < 1.29 is 0 Å². The van der Waals surface area contributed by atoms with Crippen LogP contribution in [0.2, 0.25) is 0 Å². The van der Waals surface area contributed by atoms with Gasteiger partial charge in [-0.15, -0.1) is 0 Å². The van der Waals surface area contributed by atoms with Gasteiger partial charge in [-0.25, -0.2) is 4.85 Å². The molecule has 3 heterocycles. The Morgan fingerprint density at radius 2 is 0.908 bits per heavy atom. The molecule has 3 aromatic heterocycles. The van der Waals surface area contributed by atoms with Crippen molar-refractivity contribution in [1.82, 2.24) is 15.0 Å². The average Bonchev–Trinajstić information content (AvgIpc) is 4.19. The molecule has 0 N–H and O–H groups in total. The van der Waals surface area contributed by atoms with E-state index in [1.165, 1.54) is 70.2 Å². The second-order valence-corrected chi connectivity index (χ2v) is 21.1. The molecule has 0 spiro atoms. The molecule has 0 bridgehead atoms. The summed E-state index contributed by atoms with van der Waals surface area (Å²) in [5, 5.41) is 9.64. The van der Waals surface area contributed by atoms with Gasteiger partial charge in [0.25, 0.3) is 0 Å². The van der Waals surface area contributed by atoms with E-state index >= 15 is 0 Å². The fraction of sp³-hybridized carbons (Fsp3) is 0.169. The predicted octanol–water partition coefficient (Wildman–Crippen LogP) is 18.1. The van der Waals surface area contributed by atoms with Gasteiger partial charge in [-0.2, -0.15) is 5.26 Å². The van der Waals surface area contributed by atoms with Gasteiger partial charge in [0.2, 0.25) is 0 Å². The summed E-state index contributed by atoms with van der Waals surface area (Å²) in [5.41, 5.74) is 21.4. The largest absolute Gasteiger partial charge is 0.256 e. The minimum Gasteiger partial charge on any atom is -0.256 e. The molecule has 10 aromatic rings. The van der Waals surface area contributed by atoms with E-state index in [9.17, 15) is 5.26 Å². The molecule has 0 saturated heterocycles. The van der Waals surface area contributed by atoms with Crippen molar-refractivity contribution in [3.63, 3.8) is 0 Å². The van der Waals surface area contributed by atoms with Gasteiger partial charge >= 0.3 is 0 Å². The van der Waals surface area contributed by atoms with E-state index in [-0.39, 0.29) is 10.8 Å². The van der Waals surface area contributed by atoms with Crippen molar-refractivity contribution in [2.75, 3.05) is 0 Å². The van der Waals surface area contributed by atoms with Gasteiger partial charge < -0.3 is 0 Å². The second-order valence-electron chi connectivity index (χ2n) is 21.1. The molecule has 2 aliphatic carbocycles. The van der Waals surface area contributed by atoms with Gasteiger partial charge in [0.15, 0.2) is 5.69 Å². The first-order chi connectivity index (χ1) is 37.4. The van der Waals surface area contributed by atoms with Gasteiger partial charge in [-0.05, 0) is 142 Å². The van der Waals surface area contributed by atoms with Crippen molar-refractivity contribution in [2.45, 2.75) is 75.0 Å². The number of hydrogen-bond acceptors (Lipinski definition) is 4. The zero-order chi connectivity index (χ0) is 51.3. The topological polar surface area (TPSA) is 66.8 Å². The summed E-state index contributed by atoms with van der Waals surface area (Å²) < 4.78 is 0. The van der Waals surface area contributed by atoms with Crippen LogP contribution in [0.25, 0.3) is 83.1 Å². The molecule has 76 heavy (non-hydrogen) atoms. The first kappa shape index (κ1) is 47.9. The maximum Gasteiger partial charge on any atom is 0.187 e. The summed E-state index contributed by atoms with van der Waals surface area (Å²) >= 11 is 0. The lowest BCUT2D eigenvalue weighted by Crippen LogP contribution is -2.27. The van der Waals surface area contributed by atoms with Crippen molar-refractivity contribution in [3.8, 4) is 84.3 Å². The van der Waals surface area contributed by atoms with E-state index in [4.69, 9.17) is 21.5 Å². The number of pyridine rings is 3. The van der Waals surface area contributed by atoms with Crippen molar-refractivity contribution in [3.05, 3.63) is 264 Å². The SMILES string of the molecule is [C-]#[N+]c1cccc(-c2ccc(C3(Cc4cc(CC5(c6ccc(-c7cccc(C#N)c7)nc6)CCCC5)cc(-c5ccccc5-c5cnc(-c6ccccc6)cc5-c5ccc(-c6ccccc6)cc5)c4)CCCC3)cn2)c1. The van der Waals surface area contributed by atoms with Crippen molar-refractivity contribution >= 4 is 5.69 Å².